The lowest BCUT2D eigenvalue weighted by Crippen LogP contribution is -2.62. The quantitative estimate of drug-likeness (QED) is 0.0772. The minimum Gasteiger partial charge on any atom is -0.387 e. The number of rotatable bonds is 18. The Bertz CT molecular complexity index is 1300. The molecule has 15 heteroatoms. The Morgan fingerprint density at radius 3 is 1.69 bits per heavy atom. The first kappa shape index (κ1) is 42.4. The maximum atomic E-state index is 11.9. The fourth-order valence-corrected chi connectivity index (χ4v) is 41.7. The number of hydrogen-bond donors (Lipinski definition) is 3. The molecule has 2 radical (unpaired) electrons. The predicted octanol–water partition coefficient (Wildman–Crippen LogP) is 8.32. The van der Waals surface area contributed by atoms with Crippen LogP contribution in [0.15, 0.2) is 6.33 Å². The zero-order valence-corrected chi connectivity index (χ0v) is 37.1. The number of fused-ring (bicyclic) bond motifs is 1. The van der Waals surface area contributed by atoms with Crippen LogP contribution in [0.4, 0.5) is 5.82 Å². The molecule has 49 heavy (non-hydrogen) atoms. The SMILES string of the molecule is CC(C)[Si](C(C)C)[Si](OOC[C@H]1O[C@@H](c2nc(N)c3[nH]cnc3n2)[C@@H](O)[C@@H]1OO[Si](C(C)C)(C(C)C)[Si](C(C)C)C(C)C)(C(C)C)C(C)C. The summed E-state index contributed by atoms with van der Waals surface area (Å²) in [6, 6.07) is 0. The molecule has 4 N–H and O–H groups in total. The molecule has 0 aliphatic carbocycles. The van der Waals surface area contributed by atoms with Gasteiger partial charge in [0.2, 0.25) is 15.7 Å². The summed E-state index contributed by atoms with van der Waals surface area (Å²) in [4.78, 5) is 29.2. The van der Waals surface area contributed by atoms with E-state index in [1.807, 2.05) is 0 Å². The Kier molecular flexibility index (Phi) is 14.9. The molecule has 1 saturated heterocycles. The molecule has 0 spiro atoms. The van der Waals surface area contributed by atoms with E-state index in [-0.39, 0.29) is 18.2 Å². The van der Waals surface area contributed by atoms with Crippen LogP contribution >= 0.6 is 0 Å². The Balaban J connectivity index is 2.03. The number of anilines is 1. The van der Waals surface area contributed by atoms with E-state index in [4.69, 9.17) is 29.4 Å². The molecule has 3 rings (SSSR count). The van der Waals surface area contributed by atoms with E-state index in [1.165, 1.54) is 6.33 Å². The number of ether oxygens (including phenoxy) is 1. The van der Waals surface area contributed by atoms with Crippen LogP contribution in [0, 0.1) is 0 Å². The van der Waals surface area contributed by atoms with Gasteiger partial charge in [0, 0.05) is 0 Å². The second-order valence-electron chi connectivity index (χ2n) is 16.4. The monoisotopic (exact) mass is 753 g/mol. The van der Waals surface area contributed by atoms with Gasteiger partial charge < -0.3 is 20.6 Å². The van der Waals surface area contributed by atoms with Gasteiger partial charge in [-0.2, -0.15) is 0 Å². The number of nitrogens with zero attached hydrogens (tertiary/aromatic N) is 3. The summed E-state index contributed by atoms with van der Waals surface area (Å²) < 4.78 is 20.2. The summed E-state index contributed by atoms with van der Waals surface area (Å²) in [5.41, 5.74) is 10.6. The number of aliphatic hydroxyl groups excluding tert-OH is 1. The molecule has 0 amide bonds. The van der Waals surface area contributed by atoms with E-state index in [0.29, 0.717) is 55.5 Å². The average Bonchev–Trinajstić information content (AvgIpc) is 3.57. The lowest BCUT2D eigenvalue weighted by atomic mass is 10.1. The molecule has 11 nitrogen and oxygen atoms in total. The number of hydrogen-bond acceptors (Lipinski definition) is 10. The standard InChI is InChI=1S/C34H67N5O6Si4/c1-19(2)46(20(3)4)48(23(9)10,24(11)12)44-41-17-27-30(43-45-49(25(13)14,26(15)16)47(21(5)6)22(7)8)29(40)31(42-27)34-38-32(35)28-33(39-34)37-18-36-28/h18-27,29-31,40H,17H2,1-16H3,(H3,35,36,37,38,39)/t27-,29+,30-,31-/m1/s1. The Hall–Kier alpha value is -1.02. The molecule has 2 aromatic rings. The highest BCUT2D eigenvalue weighted by Crippen LogP contribution is 2.46. The summed E-state index contributed by atoms with van der Waals surface area (Å²) in [6.45, 7) is 36.9. The maximum absolute atomic E-state index is 11.9. The number of nitrogens with one attached hydrogen (secondary N) is 1. The number of aromatic nitrogens is 4. The molecule has 1 aliphatic rings. The average molecular weight is 754 g/mol. The number of nitrogens with two attached hydrogens (primary N) is 1. The van der Waals surface area contributed by atoms with Crippen molar-refractivity contribution in [2.45, 2.75) is 180 Å². The van der Waals surface area contributed by atoms with Crippen molar-refractivity contribution in [1.82, 2.24) is 19.9 Å². The van der Waals surface area contributed by atoms with Crippen molar-refractivity contribution in [3.8, 4) is 0 Å². The third kappa shape index (κ3) is 8.46. The smallest absolute Gasteiger partial charge is 0.229 e. The van der Waals surface area contributed by atoms with Crippen LogP contribution in [0.2, 0.25) is 44.3 Å². The molecule has 4 atom stereocenters. The highest BCUT2D eigenvalue weighted by atomic mass is 29.2. The summed E-state index contributed by atoms with van der Waals surface area (Å²) in [5, 5.41) is 11.9. The van der Waals surface area contributed by atoms with Gasteiger partial charge in [0.15, 0.2) is 17.3 Å². The van der Waals surface area contributed by atoms with Crippen molar-refractivity contribution in [3.05, 3.63) is 12.2 Å². The number of aromatic amines is 1. The molecule has 0 aromatic carbocycles. The first-order valence-electron chi connectivity index (χ1n) is 18.4. The van der Waals surface area contributed by atoms with E-state index in [9.17, 15) is 5.11 Å². The van der Waals surface area contributed by atoms with Crippen molar-refractivity contribution >= 4 is 49.3 Å². The van der Waals surface area contributed by atoms with Gasteiger partial charge in [0.05, 0.1) is 23.0 Å². The van der Waals surface area contributed by atoms with E-state index in [0.717, 1.165) is 0 Å². The van der Waals surface area contributed by atoms with Crippen LogP contribution in [0.5, 0.6) is 0 Å². The van der Waals surface area contributed by atoms with Crippen molar-refractivity contribution < 1.29 is 28.8 Å². The van der Waals surface area contributed by atoms with Gasteiger partial charge in [-0.15, -0.1) is 0 Å². The molecule has 0 unspecified atom stereocenters. The lowest BCUT2D eigenvalue weighted by Gasteiger charge is -2.46. The Morgan fingerprint density at radius 2 is 1.24 bits per heavy atom. The topological polar surface area (TPSA) is 147 Å². The van der Waals surface area contributed by atoms with Crippen LogP contribution in [0.3, 0.4) is 0 Å². The van der Waals surface area contributed by atoms with Crippen molar-refractivity contribution in [3.63, 3.8) is 0 Å². The molecular formula is C34H67N5O6Si4. The number of aliphatic hydroxyl groups is 1. The minimum absolute atomic E-state index is 0.0608. The van der Waals surface area contributed by atoms with Gasteiger partial charge in [-0.25, -0.2) is 24.7 Å². The summed E-state index contributed by atoms with van der Waals surface area (Å²) in [5.74, 6) is 0.476. The first-order chi connectivity index (χ1) is 22.7. The van der Waals surface area contributed by atoms with Crippen LogP contribution in [0.1, 0.15) is 123 Å². The van der Waals surface area contributed by atoms with Gasteiger partial charge in [-0.1, -0.05) is 133 Å². The molecule has 0 saturated carbocycles. The van der Waals surface area contributed by atoms with Gasteiger partial charge in [0.25, 0.3) is 0 Å². The van der Waals surface area contributed by atoms with Gasteiger partial charge in [-0.3, -0.25) is 9.15 Å². The predicted molar refractivity (Wildman–Crippen MR) is 207 cm³/mol. The molecule has 1 fully saturated rings. The van der Waals surface area contributed by atoms with Crippen molar-refractivity contribution in [1.29, 1.82) is 0 Å². The van der Waals surface area contributed by atoms with Gasteiger partial charge >= 0.3 is 0 Å². The molecule has 1 aliphatic heterocycles. The first-order valence-corrected chi connectivity index (χ1v) is 27.9. The third-order valence-electron chi connectivity index (χ3n) is 10.5. The van der Waals surface area contributed by atoms with Crippen LogP contribution in [-0.4, -0.2) is 82.3 Å². The van der Waals surface area contributed by atoms with Gasteiger partial charge in [-0.05, 0) is 22.2 Å². The van der Waals surface area contributed by atoms with Gasteiger partial charge in [0.1, 0.15) is 36.5 Å². The normalized spacial score (nSPS) is 21.4. The molecule has 0 bridgehead atoms. The van der Waals surface area contributed by atoms with Crippen LogP contribution in [0.25, 0.3) is 11.2 Å². The van der Waals surface area contributed by atoms with E-state index >= 15 is 0 Å². The Labute approximate surface area is 301 Å². The molecular weight excluding hydrogens is 687 g/mol. The summed E-state index contributed by atoms with van der Waals surface area (Å²) in [7, 11) is -6.84. The third-order valence-corrected chi connectivity index (χ3v) is 44.6. The zero-order valence-electron chi connectivity index (χ0n) is 33.1. The fraction of sp³-hybridized carbons (Fsp3) is 0.853. The second-order valence-corrected chi connectivity index (χ2v) is 39.1. The summed E-state index contributed by atoms with van der Waals surface area (Å²) >= 11 is 0. The summed E-state index contributed by atoms with van der Waals surface area (Å²) in [6.07, 6.45) is -2.13. The second kappa shape index (κ2) is 17.2. The molecule has 280 valence electrons. The number of H-pyrrole nitrogens is 1. The van der Waals surface area contributed by atoms with E-state index in [1.54, 1.807) is 0 Å². The lowest BCUT2D eigenvalue weighted by molar-refractivity contribution is -0.296. The van der Waals surface area contributed by atoms with Crippen molar-refractivity contribution in [2.75, 3.05) is 12.3 Å². The fourth-order valence-electron chi connectivity index (χ4n) is 8.83. The van der Waals surface area contributed by atoms with Crippen molar-refractivity contribution in [2.24, 2.45) is 0 Å². The Morgan fingerprint density at radius 1 is 0.776 bits per heavy atom. The highest BCUT2D eigenvalue weighted by molar-refractivity contribution is 7.32. The molecule has 2 aromatic heterocycles. The minimum atomic E-state index is -2.51. The largest absolute Gasteiger partial charge is 0.387 e. The van der Waals surface area contributed by atoms with E-state index in [2.05, 4.69) is 131 Å². The zero-order chi connectivity index (χ0) is 37.2. The molecule has 3 heterocycles. The number of imidazole rings is 1. The van der Waals surface area contributed by atoms with Crippen LogP contribution in [-0.2, 0) is 23.7 Å². The van der Waals surface area contributed by atoms with E-state index < -0.39 is 56.7 Å². The highest BCUT2D eigenvalue weighted by Gasteiger charge is 2.57. The van der Waals surface area contributed by atoms with Crippen LogP contribution < -0.4 is 5.73 Å². The maximum Gasteiger partial charge on any atom is 0.229 e. The number of nitrogen functional groups attached to an aromatic ring is 1.